The number of ether oxygens (including phenoxy) is 1. The molecule has 0 aromatic heterocycles. The molecule has 0 aliphatic heterocycles. The molecule has 4 nitrogen and oxygen atoms in total. The Morgan fingerprint density at radius 3 is 2.40 bits per heavy atom. The fraction of sp³-hybridized carbons (Fsp3) is 0.364. The van der Waals surface area contributed by atoms with Gasteiger partial charge >= 0.3 is 5.97 Å². The topological polar surface area (TPSA) is 58.6 Å². The van der Waals surface area contributed by atoms with Crippen LogP contribution in [0.3, 0.4) is 0 Å². The molecule has 0 saturated heterocycles. The maximum absolute atomic E-state index is 10.9. The normalized spacial score (nSPS) is 16.9. The van der Waals surface area contributed by atoms with Crippen LogP contribution in [0.2, 0.25) is 0 Å². The van der Waals surface area contributed by atoms with Crippen LogP contribution in [0.4, 0.5) is 5.69 Å². The summed E-state index contributed by atoms with van der Waals surface area (Å²) in [6, 6.07) is 7.25. The minimum atomic E-state index is -0.779. The van der Waals surface area contributed by atoms with Gasteiger partial charge < -0.3 is 15.2 Å². The molecular formula is C11H13NO3. The lowest BCUT2D eigenvalue weighted by molar-refractivity contribution is -0.138. The molecule has 0 bridgehead atoms. The average molecular weight is 207 g/mol. The summed E-state index contributed by atoms with van der Waals surface area (Å²) in [6.45, 7) is 0. The Balaban J connectivity index is 2.08. The lowest BCUT2D eigenvalue weighted by Crippen LogP contribution is -2.31. The van der Waals surface area contributed by atoms with E-state index in [1.54, 1.807) is 19.2 Å². The molecule has 2 N–H and O–H groups in total. The van der Waals surface area contributed by atoms with E-state index in [2.05, 4.69) is 5.32 Å². The molecule has 0 unspecified atom stereocenters. The molecule has 0 amide bonds. The third kappa shape index (κ3) is 1.88. The summed E-state index contributed by atoms with van der Waals surface area (Å²) < 4.78 is 5.02. The Morgan fingerprint density at radius 2 is 2.00 bits per heavy atom. The van der Waals surface area contributed by atoms with Gasteiger partial charge in [0.25, 0.3) is 0 Å². The van der Waals surface area contributed by atoms with E-state index < -0.39 is 11.5 Å². The quantitative estimate of drug-likeness (QED) is 0.789. The van der Waals surface area contributed by atoms with Crippen molar-refractivity contribution in [2.24, 2.45) is 0 Å². The molecule has 1 aromatic carbocycles. The summed E-state index contributed by atoms with van der Waals surface area (Å²) in [7, 11) is 1.60. The average Bonchev–Trinajstić information content (AvgIpc) is 3.00. The maximum Gasteiger partial charge on any atom is 0.329 e. The second-order valence-corrected chi connectivity index (χ2v) is 3.74. The van der Waals surface area contributed by atoms with E-state index in [0.29, 0.717) is 12.8 Å². The number of carboxylic acids is 1. The van der Waals surface area contributed by atoms with Crippen molar-refractivity contribution in [2.75, 3.05) is 12.4 Å². The van der Waals surface area contributed by atoms with Crippen molar-refractivity contribution in [3.63, 3.8) is 0 Å². The Kier molecular flexibility index (Phi) is 2.26. The molecule has 1 aliphatic carbocycles. The van der Waals surface area contributed by atoms with E-state index in [0.717, 1.165) is 11.4 Å². The van der Waals surface area contributed by atoms with Gasteiger partial charge in [-0.15, -0.1) is 0 Å². The highest BCUT2D eigenvalue weighted by Crippen LogP contribution is 2.39. The van der Waals surface area contributed by atoms with Gasteiger partial charge in [-0.3, -0.25) is 0 Å². The van der Waals surface area contributed by atoms with Crippen LogP contribution in [-0.4, -0.2) is 23.7 Å². The summed E-state index contributed by atoms with van der Waals surface area (Å²) >= 11 is 0. The number of methoxy groups -OCH3 is 1. The molecule has 1 aromatic rings. The standard InChI is InChI=1S/C11H13NO3/c1-15-9-4-2-8(3-5-9)12-11(6-7-11)10(13)14/h2-5,12H,6-7H2,1H3,(H,13,14). The summed E-state index contributed by atoms with van der Waals surface area (Å²) in [6.07, 6.45) is 1.38. The number of rotatable bonds is 4. The van der Waals surface area contributed by atoms with Gasteiger partial charge in [0.1, 0.15) is 11.3 Å². The van der Waals surface area contributed by atoms with Crippen LogP contribution in [0, 0.1) is 0 Å². The van der Waals surface area contributed by atoms with E-state index in [9.17, 15) is 4.79 Å². The molecule has 1 aliphatic rings. The SMILES string of the molecule is COc1ccc(NC2(C(=O)O)CC2)cc1. The van der Waals surface area contributed by atoms with Gasteiger partial charge in [0.15, 0.2) is 0 Å². The first-order valence-corrected chi connectivity index (χ1v) is 4.82. The fourth-order valence-electron chi connectivity index (χ4n) is 1.47. The predicted molar refractivity (Wildman–Crippen MR) is 56.2 cm³/mol. The molecule has 2 rings (SSSR count). The molecular weight excluding hydrogens is 194 g/mol. The molecule has 0 radical (unpaired) electrons. The lowest BCUT2D eigenvalue weighted by atomic mass is 10.2. The van der Waals surface area contributed by atoms with Crippen LogP contribution in [0.25, 0.3) is 0 Å². The van der Waals surface area contributed by atoms with Gasteiger partial charge in [0.2, 0.25) is 0 Å². The first-order chi connectivity index (χ1) is 7.16. The third-order valence-electron chi connectivity index (χ3n) is 2.63. The summed E-state index contributed by atoms with van der Waals surface area (Å²) in [5, 5.41) is 12.0. The van der Waals surface area contributed by atoms with Gasteiger partial charge in [-0.05, 0) is 37.1 Å². The van der Waals surface area contributed by atoms with Crippen molar-refractivity contribution in [1.29, 1.82) is 0 Å². The number of hydrogen-bond donors (Lipinski definition) is 2. The smallest absolute Gasteiger partial charge is 0.329 e. The van der Waals surface area contributed by atoms with Crippen LogP contribution in [0.1, 0.15) is 12.8 Å². The molecule has 1 saturated carbocycles. The van der Waals surface area contributed by atoms with Gasteiger partial charge in [-0.25, -0.2) is 4.79 Å². The van der Waals surface area contributed by atoms with Crippen LogP contribution < -0.4 is 10.1 Å². The second-order valence-electron chi connectivity index (χ2n) is 3.74. The zero-order chi connectivity index (χ0) is 10.9. The minimum Gasteiger partial charge on any atom is -0.497 e. The third-order valence-corrected chi connectivity index (χ3v) is 2.63. The van der Waals surface area contributed by atoms with Gasteiger partial charge in [-0.2, -0.15) is 0 Å². The monoisotopic (exact) mass is 207 g/mol. The van der Waals surface area contributed by atoms with E-state index in [4.69, 9.17) is 9.84 Å². The fourth-order valence-corrected chi connectivity index (χ4v) is 1.47. The molecule has 80 valence electrons. The Bertz CT molecular complexity index is 368. The zero-order valence-corrected chi connectivity index (χ0v) is 8.49. The number of aliphatic carboxylic acids is 1. The number of carboxylic acid groups (broad SMARTS) is 1. The van der Waals surface area contributed by atoms with Gasteiger partial charge in [-0.1, -0.05) is 0 Å². The first-order valence-electron chi connectivity index (χ1n) is 4.82. The van der Waals surface area contributed by atoms with Crippen LogP contribution in [0.5, 0.6) is 5.75 Å². The van der Waals surface area contributed by atoms with E-state index >= 15 is 0 Å². The molecule has 0 heterocycles. The lowest BCUT2D eigenvalue weighted by Gasteiger charge is -2.13. The van der Waals surface area contributed by atoms with E-state index in [1.165, 1.54) is 0 Å². The number of anilines is 1. The largest absolute Gasteiger partial charge is 0.497 e. The Labute approximate surface area is 87.9 Å². The molecule has 1 fully saturated rings. The van der Waals surface area contributed by atoms with Crippen molar-refractivity contribution in [2.45, 2.75) is 18.4 Å². The molecule has 4 heteroatoms. The summed E-state index contributed by atoms with van der Waals surface area (Å²) in [4.78, 5) is 10.9. The first kappa shape index (κ1) is 9.83. The highest BCUT2D eigenvalue weighted by atomic mass is 16.5. The van der Waals surface area contributed by atoms with Gasteiger partial charge in [0, 0.05) is 5.69 Å². The number of carbonyl (C=O) groups is 1. The van der Waals surface area contributed by atoms with Crippen molar-refractivity contribution >= 4 is 11.7 Å². The highest BCUT2D eigenvalue weighted by molar-refractivity contribution is 5.86. The minimum absolute atomic E-state index is 0.689. The Morgan fingerprint density at radius 1 is 1.40 bits per heavy atom. The van der Waals surface area contributed by atoms with Crippen molar-refractivity contribution in [3.8, 4) is 5.75 Å². The number of benzene rings is 1. The molecule has 0 spiro atoms. The highest BCUT2D eigenvalue weighted by Gasteiger charge is 2.50. The summed E-state index contributed by atoms with van der Waals surface area (Å²) in [5.41, 5.74) is 0.0879. The zero-order valence-electron chi connectivity index (χ0n) is 8.49. The molecule has 15 heavy (non-hydrogen) atoms. The second kappa shape index (κ2) is 3.46. The predicted octanol–water partition coefficient (Wildman–Crippen LogP) is 1.72. The van der Waals surface area contributed by atoms with Gasteiger partial charge in [0.05, 0.1) is 7.11 Å². The van der Waals surface area contributed by atoms with E-state index in [-0.39, 0.29) is 0 Å². The van der Waals surface area contributed by atoms with Crippen LogP contribution in [0.15, 0.2) is 24.3 Å². The van der Waals surface area contributed by atoms with E-state index in [1.807, 2.05) is 12.1 Å². The van der Waals surface area contributed by atoms with Crippen LogP contribution >= 0.6 is 0 Å². The van der Waals surface area contributed by atoms with Crippen molar-refractivity contribution in [3.05, 3.63) is 24.3 Å². The Hall–Kier alpha value is -1.71. The molecule has 0 atom stereocenters. The number of nitrogens with one attached hydrogen (secondary N) is 1. The van der Waals surface area contributed by atoms with Crippen molar-refractivity contribution in [1.82, 2.24) is 0 Å². The van der Waals surface area contributed by atoms with Crippen LogP contribution in [-0.2, 0) is 4.79 Å². The summed E-state index contributed by atoms with van der Waals surface area (Å²) in [5.74, 6) is -0.0148. The maximum atomic E-state index is 10.9. The van der Waals surface area contributed by atoms with Crippen molar-refractivity contribution < 1.29 is 14.6 Å². The number of hydrogen-bond acceptors (Lipinski definition) is 3.